The molecule has 1 aromatic carbocycles. The van der Waals surface area contributed by atoms with Crippen molar-refractivity contribution in [1.29, 1.82) is 0 Å². The number of thioether (sulfide) groups is 1. The maximum Gasteiger partial charge on any atom is 0.274 e. The van der Waals surface area contributed by atoms with Crippen LogP contribution < -0.4 is 10.1 Å². The Morgan fingerprint density at radius 3 is 2.97 bits per heavy atom. The van der Waals surface area contributed by atoms with Crippen LogP contribution in [0.4, 0.5) is 0 Å². The van der Waals surface area contributed by atoms with Gasteiger partial charge < -0.3 is 15.0 Å². The molecule has 7 heteroatoms. The highest BCUT2D eigenvalue weighted by Gasteiger charge is 2.30. The molecule has 156 valence electrons. The van der Waals surface area contributed by atoms with Crippen LogP contribution in [0.5, 0.6) is 5.75 Å². The van der Waals surface area contributed by atoms with E-state index in [4.69, 9.17) is 4.74 Å². The monoisotopic (exact) mass is 414 g/mol. The number of nitrogens with zero attached hydrogens (tertiary/aromatic N) is 3. The van der Waals surface area contributed by atoms with Gasteiger partial charge in [0.1, 0.15) is 5.75 Å². The Bertz CT molecular complexity index is 860. The molecule has 0 saturated carbocycles. The fourth-order valence-electron chi connectivity index (χ4n) is 4.30. The smallest absolute Gasteiger partial charge is 0.274 e. The van der Waals surface area contributed by atoms with Gasteiger partial charge in [-0.3, -0.25) is 9.48 Å². The van der Waals surface area contributed by atoms with Gasteiger partial charge in [0.2, 0.25) is 0 Å². The number of nitrogens with one attached hydrogen (secondary N) is 1. The number of fused-ring (bicyclic) bond motifs is 1. The van der Waals surface area contributed by atoms with Crippen molar-refractivity contribution in [3.63, 3.8) is 0 Å². The van der Waals surface area contributed by atoms with Crippen LogP contribution in [0.3, 0.4) is 0 Å². The molecule has 0 spiro atoms. The highest BCUT2D eigenvalue weighted by atomic mass is 32.2. The van der Waals surface area contributed by atoms with Gasteiger partial charge in [0.05, 0.1) is 7.11 Å². The number of carbonyl (C=O) groups excluding carboxylic acids is 1. The summed E-state index contributed by atoms with van der Waals surface area (Å²) >= 11 is 1.92. The lowest BCUT2D eigenvalue weighted by atomic mass is 9.91. The zero-order chi connectivity index (χ0) is 20.2. The van der Waals surface area contributed by atoms with Crippen LogP contribution in [0.2, 0.25) is 0 Å². The Morgan fingerprint density at radius 2 is 2.17 bits per heavy atom. The number of hydrogen-bond donors (Lipinski definition) is 1. The Kier molecular flexibility index (Phi) is 6.45. The van der Waals surface area contributed by atoms with E-state index < -0.39 is 0 Å². The van der Waals surface area contributed by atoms with E-state index in [0.717, 1.165) is 68.1 Å². The minimum Gasteiger partial charge on any atom is -0.497 e. The number of ether oxygens (including phenoxy) is 1. The minimum atomic E-state index is 0.110. The fourth-order valence-corrected chi connectivity index (χ4v) is 5.20. The maximum atomic E-state index is 13.1. The number of hydrogen-bond acceptors (Lipinski definition) is 5. The molecule has 1 atom stereocenters. The number of aryl methyl sites for hydroxylation is 1. The molecule has 29 heavy (non-hydrogen) atoms. The van der Waals surface area contributed by atoms with Crippen LogP contribution in [0.1, 0.15) is 33.7 Å². The van der Waals surface area contributed by atoms with E-state index in [1.165, 1.54) is 11.3 Å². The second kappa shape index (κ2) is 9.22. The number of amides is 1. The van der Waals surface area contributed by atoms with Crippen molar-refractivity contribution in [1.82, 2.24) is 20.0 Å². The second-order valence-electron chi connectivity index (χ2n) is 7.80. The SMILES string of the molecule is COc1cccc(CCNC2CCc3c(c(C(=O)N4CCSCC4)nn3C)C2)c1. The van der Waals surface area contributed by atoms with Gasteiger partial charge in [-0.2, -0.15) is 16.9 Å². The Hall–Kier alpha value is -1.99. The molecule has 0 radical (unpaired) electrons. The first-order valence-electron chi connectivity index (χ1n) is 10.4. The molecular weight excluding hydrogens is 384 g/mol. The van der Waals surface area contributed by atoms with Crippen LogP contribution in [0.25, 0.3) is 0 Å². The normalized spacial score (nSPS) is 19.1. The van der Waals surface area contributed by atoms with E-state index >= 15 is 0 Å². The molecule has 2 aromatic rings. The molecular formula is C22H30N4O2S. The third-order valence-corrected chi connectivity index (χ3v) is 6.88. The molecule has 1 saturated heterocycles. The van der Waals surface area contributed by atoms with Gasteiger partial charge in [0.25, 0.3) is 5.91 Å². The van der Waals surface area contributed by atoms with E-state index in [1.54, 1.807) is 7.11 Å². The summed E-state index contributed by atoms with van der Waals surface area (Å²) in [5.74, 6) is 3.06. The van der Waals surface area contributed by atoms with Crippen molar-refractivity contribution in [2.24, 2.45) is 7.05 Å². The number of aromatic nitrogens is 2. The van der Waals surface area contributed by atoms with Crippen molar-refractivity contribution in [3.8, 4) is 5.75 Å². The maximum absolute atomic E-state index is 13.1. The molecule has 4 rings (SSSR count). The fraction of sp³-hybridized carbons (Fsp3) is 0.545. The first kappa shape index (κ1) is 20.3. The summed E-state index contributed by atoms with van der Waals surface area (Å²) in [4.78, 5) is 15.0. The van der Waals surface area contributed by atoms with Gasteiger partial charge in [0.15, 0.2) is 5.69 Å². The van der Waals surface area contributed by atoms with E-state index in [9.17, 15) is 4.79 Å². The van der Waals surface area contributed by atoms with Crippen LogP contribution in [-0.2, 0) is 26.3 Å². The summed E-state index contributed by atoms with van der Waals surface area (Å²) in [7, 11) is 3.67. The van der Waals surface area contributed by atoms with Crippen LogP contribution in [0, 0.1) is 0 Å². The summed E-state index contributed by atoms with van der Waals surface area (Å²) in [6.07, 6.45) is 3.90. The number of benzene rings is 1. The van der Waals surface area contributed by atoms with Crippen molar-refractivity contribution in [2.45, 2.75) is 31.7 Å². The van der Waals surface area contributed by atoms with Gasteiger partial charge in [-0.25, -0.2) is 0 Å². The highest BCUT2D eigenvalue weighted by Crippen LogP contribution is 2.26. The number of carbonyl (C=O) groups is 1. The van der Waals surface area contributed by atoms with E-state index in [2.05, 4.69) is 22.5 Å². The minimum absolute atomic E-state index is 0.110. The van der Waals surface area contributed by atoms with Gasteiger partial charge in [-0.15, -0.1) is 0 Å². The molecule has 1 aliphatic carbocycles. The van der Waals surface area contributed by atoms with Crippen LogP contribution in [0.15, 0.2) is 24.3 Å². The lowest BCUT2D eigenvalue weighted by molar-refractivity contribution is 0.0764. The summed E-state index contributed by atoms with van der Waals surface area (Å²) in [6.45, 7) is 2.58. The Balaban J connectivity index is 1.39. The molecule has 1 N–H and O–H groups in total. The van der Waals surface area contributed by atoms with Gasteiger partial charge in [-0.1, -0.05) is 12.1 Å². The predicted molar refractivity (Wildman–Crippen MR) is 117 cm³/mol. The molecule has 6 nitrogen and oxygen atoms in total. The Labute approximate surface area is 177 Å². The van der Waals surface area contributed by atoms with Crippen molar-refractivity contribution in [3.05, 3.63) is 46.8 Å². The second-order valence-corrected chi connectivity index (χ2v) is 9.02. The number of rotatable bonds is 6. The molecule has 1 amide bonds. The number of methoxy groups -OCH3 is 1. The largest absolute Gasteiger partial charge is 0.497 e. The average molecular weight is 415 g/mol. The molecule has 1 aromatic heterocycles. The van der Waals surface area contributed by atoms with Crippen molar-refractivity contribution < 1.29 is 9.53 Å². The third kappa shape index (κ3) is 4.61. The zero-order valence-electron chi connectivity index (χ0n) is 17.3. The van der Waals surface area contributed by atoms with Gasteiger partial charge in [0, 0.05) is 48.9 Å². The summed E-state index contributed by atoms with van der Waals surface area (Å²) in [6, 6.07) is 8.63. The molecule has 2 aliphatic rings. The van der Waals surface area contributed by atoms with Gasteiger partial charge in [-0.05, 0) is 49.9 Å². The first-order chi connectivity index (χ1) is 14.2. The molecule has 2 heterocycles. The lowest BCUT2D eigenvalue weighted by Crippen LogP contribution is -2.40. The predicted octanol–water partition coefficient (Wildman–Crippen LogP) is 2.31. The van der Waals surface area contributed by atoms with Crippen LogP contribution in [-0.4, -0.2) is 64.9 Å². The summed E-state index contributed by atoms with van der Waals surface area (Å²) < 4.78 is 7.24. The topological polar surface area (TPSA) is 59.4 Å². The molecule has 1 fully saturated rings. The third-order valence-electron chi connectivity index (χ3n) is 5.94. The average Bonchev–Trinajstić information content (AvgIpc) is 3.10. The van der Waals surface area contributed by atoms with Crippen LogP contribution >= 0.6 is 11.8 Å². The molecule has 1 unspecified atom stereocenters. The highest BCUT2D eigenvalue weighted by molar-refractivity contribution is 7.99. The standard InChI is InChI=1S/C22H30N4O2S/c1-25-20-7-6-17(23-9-8-16-4-3-5-18(14-16)28-2)15-19(20)21(24-25)22(27)26-10-12-29-13-11-26/h3-5,14,17,23H,6-13,15H2,1-2H3. The van der Waals surface area contributed by atoms with Crippen molar-refractivity contribution in [2.75, 3.05) is 38.2 Å². The van der Waals surface area contributed by atoms with Crippen molar-refractivity contribution >= 4 is 17.7 Å². The molecule has 1 aliphatic heterocycles. The van der Waals surface area contributed by atoms with E-state index in [1.807, 2.05) is 40.5 Å². The quantitative estimate of drug-likeness (QED) is 0.786. The Morgan fingerprint density at radius 1 is 1.34 bits per heavy atom. The summed E-state index contributed by atoms with van der Waals surface area (Å²) in [5, 5.41) is 8.32. The lowest BCUT2D eigenvalue weighted by Gasteiger charge is -2.27. The van der Waals surface area contributed by atoms with E-state index in [0.29, 0.717) is 11.7 Å². The van der Waals surface area contributed by atoms with Gasteiger partial charge >= 0.3 is 0 Å². The molecule has 0 bridgehead atoms. The van der Waals surface area contributed by atoms with E-state index in [-0.39, 0.29) is 5.91 Å². The summed E-state index contributed by atoms with van der Waals surface area (Å²) in [5.41, 5.74) is 4.33. The first-order valence-corrected chi connectivity index (χ1v) is 11.6. The zero-order valence-corrected chi connectivity index (χ0v) is 18.1.